The smallest absolute Gasteiger partial charge is 0.181 e. The van der Waals surface area contributed by atoms with Gasteiger partial charge in [-0.25, -0.2) is 19.3 Å². The number of benzene rings is 1. The molecule has 0 radical (unpaired) electrons. The van der Waals surface area contributed by atoms with Gasteiger partial charge in [-0.05, 0) is 25.0 Å². The summed E-state index contributed by atoms with van der Waals surface area (Å²) in [5.41, 5.74) is 2.54. The lowest BCUT2D eigenvalue weighted by Gasteiger charge is -2.23. The summed E-state index contributed by atoms with van der Waals surface area (Å²) >= 11 is 12.7. The van der Waals surface area contributed by atoms with Crippen molar-refractivity contribution in [3.8, 4) is 11.1 Å². The van der Waals surface area contributed by atoms with E-state index in [1.54, 1.807) is 24.5 Å². The van der Waals surface area contributed by atoms with Crippen LogP contribution in [0.25, 0.3) is 22.3 Å². The van der Waals surface area contributed by atoms with Crippen LogP contribution in [0, 0.1) is 5.82 Å². The van der Waals surface area contributed by atoms with Gasteiger partial charge >= 0.3 is 0 Å². The van der Waals surface area contributed by atoms with E-state index < -0.39 is 5.82 Å². The van der Waals surface area contributed by atoms with Crippen LogP contribution in [-0.2, 0) is 0 Å². The summed E-state index contributed by atoms with van der Waals surface area (Å²) in [7, 11) is 0. The van der Waals surface area contributed by atoms with Crippen LogP contribution in [0.5, 0.6) is 0 Å². The van der Waals surface area contributed by atoms with Crippen molar-refractivity contribution < 1.29 is 4.39 Å². The quantitative estimate of drug-likeness (QED) is 0.617. The van der Waals surface area contributed by atoms with Crippen molar-refractivity contribution in [2.75, 3.05) is 18.0 Å². The normalized spacial score (nSPS) is 14.5. The van der Waals surface area contributed by atoms with Crippen LogP contribution in [-0.4, -0.2) is 28.0 Å². The van der Waals surface area contributed by atoms with E-state index in [1.807, 2.05) is 0 Å². The third-order valence-corrected chi connectivity index (χ3v) is 4.77. The molecule has 1 saturated heterocycles. The molecule has 0 aliphatic carbocycles. The van der Waals surface area contributed by atoms with E-state index in [9.17, 15) is 4.39 Å². The molecule has 0 amide bonds. The maximum atomic E-state index is 14.6. The van der Waals surface area contributed by atoms with Gasteiger partial charge in [-0.1, -0.05) is 29.3 Å². The molecule has 7 heteroatoms. The molecule has 4 rings (SSSR count). The third kappa shape index (κ3) is 2.48. The van der Waals surface area contributed by atoms with Crippen LogP contribution < -0.4 is 4.90 Å². The topological polar surface area (TPSA) is 41.9 Å². The average Bonchev–Trinajstić information content (AvgIpc) is 3.09. The predicted molar refractivity (Wildman–Crippen MR) is 94.2 cm³/mol. The van der Waals surface area contributed by atoms with Crippen molar-refractivity contribution in [2.24, 2.45) is 0 Å². The molecule has 1 aliphatic rings. The molecule has 3 aromatic rings. The highest BCUT2D eigenvalue weighted by molar-refractivity contribution is 6.37. The molecule has 0 saturated carbocycles. The predicted octanol–water partition coefficient (Wildman–Crippen LogP) is 4.74. The van der Waals surface area contributed by atoms with Crippen molar-refractivity contribution in [3.63, 3.8) is 0 Å². The van der Waals surface area contributed by atoms with Gasteiger partial charge in [0.1, 0.15) is 16.5 Å². The Hall–Kier alpha value is -1.98. The van der Waals surface area contributed by atoms with Crippen LogP contribution >= 0.6 is 23.2 Å². The lowest BCUT2D eigenvalue weighted by Crippen LogP contribution is -2.20. The number of hydrogen-bond donors (Lipinski definition) is 0. The molecule has 1 aliphatic heterocycles. The van der Waals surface area contributed by atoms with E-state index in [0.29, 0.717) is 21.7 Å². The van der Waals surface area contributed by atoms with E-state index in [1.165, 1.54) is 6.07 Å². The Balaban J connectivity index is 2.11. The van der Waals surface area contributed by atoms with Crippen LogP contribution in [0.4, 0.5) is 10.1 Å². The van der Waals surface area contributed by atoms with Gasteiger partial charge in [0, 0.05) is 36.6 Å². The molecular weight excluding hydrogens is 350 g/mol. The number of hydrogen-bond acceptors (Lipinski definition) is 4. The maximum Gasteiger partial charge on any atom is 0.181 e. The Morgan fingerprint density at radius 2 is 1.75 bits per heavy atom. The number of fused-ring (bicyclic) bond motifs is 1. The van der Waals surface area contributed by atoms with E-state index in [2.05, 4.69) is 19.9 Å². The third-order valence-electron chi connectivity index (χ3n) is 4.19. The van der Waals surface area contributed by atoms with Crippen molar-refractivity contribution >= 4 is 40.1 Å². The highest BCUT2D eigenvalue weighted by Gasteiger charge is 2.26. The number of pyridine rings is 1. The standard InChI is InChI=1S/C17H13Cl2FN4/c18-10-4-3-5-11(20)12(10)13-15(24-8-1-2-9-24)14-17(23-16(13)19)22-7-6-21-14/h3-7H,1-2,8-9H2. The first-order valence-electron chi connectivity index (χ1n) is 7.66. The van der Waals surface area contributed by atoms with Gasteiger partial charge in [-0.3, -0.25) is 0 Å². The van der Waals surface area contributed by atoms with E-state index in [0.717, 1.165) is 31.6 Å². The fourth-order valence-corrected chi connectivity index (χ4v) is 3.67. The minimum Gasteiger partial charge on any atom is -0.369 e. The summed E-state index contributed by atoms with van der Waals surface area (Å²) < 4.78 is 14.6. The van der Waals surface area contributed by atoms with Gasteiger partial charge in [0.25, 0.3) is 0 Å². The Kier molecular flexibility index (Phi) is 3.98. The first-order chi connectivity index (χ1) is 11.7. The second kappa shape index (κ2) is 6.15. The summed E-state index contributed by atoms with van der Waals surface area (Å²) in [5.74, 6) is -0.435. The SMILES string of the molecule is Fc1cccc(Cl)c1-c1c(Cl)nc2nccnc2c1N1CCCC1. The zero-order valence-electron chi connectivity index (χ0n) is 12.6. The largest absolute Gasteiger partial charge is 0.369 e. The lowest BCUT2D eigenvalue weighted by atomic mass is 10.0. The summed E-state index contributed by atoms with van der Waals surface area (Å²) in [5, 5.41) is 0.472. The molecule has 0 N–H and O–H groups in total. The van der Waals surface area contributed by atoms with Gasteiger partial charge in [0.05, 0.1) is 10.7 Å². The number of rotatable bonds is 2. The van der Waals surface area contributed by atoms with Crippen LogP contribution in [0.15, 0.2) is 30.6 Å². The molecule has 24 heavy (non-hydrogen) atoms. The molecule has 0 bridgehead atoms. The molecule has 1 aromatic carbocycles. The van der Waals surface area contributed by atoms with E-state index >= 15 is 0 Å². The lowest BCUT2D eigenvalue weighted by molar-refractivity contribution is 0.631. The van der Waals surface area contributed by atoms with Crippen molar-refractivity contribution in [2.45, 2.75) is 12.8 Å². The van der Waals surface area contributed by atoms with Crippen molar-refractivity contribution in [1.29, 1.82) is 0 Å². The molecule has 1 fully saturated rings. The first kappa shape index (κ1) is 15.5. The zero-order chi connectivity index (χ0) is 16.7. The van der Waals surface area contributed by atoms with Gasteiger partial charge in [-0.2, -0.15) is 0 Å². The fraction of sp³-hybridized carbons (Fsp3) is 0.235. The second-order valence-corrected chi connectivity index (χ2v) is 6.41. The highest BCUT2D eigenvalue weighted by Crippen LogP contribution is 2.44. The van der Waals surface area contributed by atoms with Crippen LogP contribution in [0.2, 0.25) is 10.2 Å². The molecule has 0 unspecified atom stereocenters. The molecule has 0 atom stereocenters. The van der Waals surface area contributed by atoms with E-state index in [-0.39, 0.29) is 10.7 Å². The summed E-state index contributed by atoms with van der Waals surface area (Å²) in [6.45, 7) is 1.70. The summed E-state index contributed by atoms with van der Waals surface area (Å²) in [6, 6.07) is 4.58. The van der Waals surface area contributed by atoms with Gasteiger partial charge < -0.3 is 4.90 Å². The summed E-state index contributed by atoms with van der Waals surface area (Å²) in [6.07, 6.45) is 5.29. The fourth-order valence-electron chi connectivity index (χ4n) is 3.15. The number of aromatic nitrogens is 3. The molecule has 122 valence electrons. The Labute approximate surface area is 148 Å². The van der Waals surface area contributed by atoms with Crippen LogP contribution in [0.1, 0.15) is 12.8 Å². The van der Waals surface area contributed by atoms with Gasteiger partial charge in [0.2, 0.25) is 0 Å². The maximum absolute atomic E-state index is 14.6. The number of anilines is 1. The minimum atomic E-state index is -0.435. The van der Waals surface area contributed by atoms with Crippen LogP contribution in [0.3, 0.4) is 0 Å². The Morgan fingerprint density at radius 1 is 1.00 bits per heavy atom. The zero-order valence-corrected chi connectivity index (χ0v) is 14.1. The molecule has 0 spiro atoms. The first-order valence-corrected chi connectivity index (χ1v) is 8.42. The van der Waals surface area contributed by atoms with Crippen molar-refractivity contribution in [1.82, 2.24) is 15.0 Å². The number of halogens is 3. The average molecular weight is 363 g/mol. The van der Waals surface area contributed by atoms with Gasteiger partial charge in [-0.15, -0.1) is 0 Å². The minimum absolute atomic E-state index is 0.178. The van der Waals surface area contributed by atoms with Gasteiger partial charge in [0.15, 0.2) is 5.65 Å². The summed E-state index contributed by atoms with van der Waals surface area (Å²) in [4.78, 5) is 15.1. The molecule has 4 nitrogen and oxygen atoms in total. The second-order valence-electron chi connectivity index (χ2n) is 5.65. The molecule has 2 aromatic heterocycles. The highest BCUT2D eigenvalue weighted by atomic mass is 35.5. The van der Waals surface area contributed by atoms with Crippen molar-refractivity contribution in [3.05, 3.63) is 46.6 Å². The molecule has 3 heterocycles. The Bertz CT molecular complexity index is 906. The molecular formula is C17H13Cl2FN4. The van der Waals surface area contributed by atoms with E-state index in [4.69, 9.17) is 23.2 Å². The Morgan fingerprint density at radius 3 is 2.50 bits per heavy atom. The monoisotopic (exact) mass is 362 g/mol. The number of nitrogens with zero attached hydrogens (tertiary/aromatic N) is 4.